The van der Waals surface area contributed by atoms with Crippen molar-refractivity contribution in [2.24, 2.45) is 22.4 Å². The standard InChI is InChI=1S/C32H50O7.CH5NO2S/c1-4-5-20-32(2,3)28(39-31-17-11-13-22-37-31)19-18-25-24(14-8-6-7-9-15-29(34)35)26(33)23-27(25)38-30-16-10-12-21-36-30;1-5(2,3)4/h6,8,18-19,24-28,30-31,33H,7,9-17,20-23H2,1-3H3,(H,34,35);1H3,(H2,2,3,4)/b8-6-,19-18+;/t24-,25-,26+,27-,28-,30?,31?;/m1./s1. The second kappa shape index (κ2) is 19.7. The van der Waals surface area contributed by atoms with Crippen LogP contribution in [0.5, 0.6) is 0 Å². The van der Waals surface area contributed by atoms with E-state index >= 15 is 0 Å². The molecule has 11 heteroatoms. The van der Waals surface area contributed by atoms with Gasteiger partial charge in [-0.2, -0.15) is 0 Å². The summed E-state index contributed by atoms with van der Waals surface area (Å²) in [7, 11) is -3.17. The number of rotatable bonds is 14. The number of hydrogen-bond donors (Lipinski definition) is 3. The van der Waals surface area contributed by atoms with E-state index in [1.165, 1.54) is 0 Å². The van der Waals surface area contributed by atoms with Crippen molar-refractivity contribution in [3.63, 3.8) is 0 Å². The molecule has 3 fully saturated rings. The summed E-state index contributed by atoms with van der Waals surface area (Å²) in [6.45, 7) is 7.66. The quantitative estimate of drug-likeness (QED) is 0.136. The van der Waals surface area contributed by atoms with Crippen molar-refractivity contribution < 1.29 is 42.4 Å². The van der Waals surface area contributed by atoms with Crippen LogP contribution in [-0.4, -0.2) is 75.0 Å². The summed E-state index contributed by atoms with van der Waals surface area (Å²) in [6.07, 6.45) is 17.7. The van der Waals surface area contributed by atoms with Crippen LogP contribution in [0.25, 0.3) is 0 Å². The molecule has 3 rings (SSSR count). The minimum absolute atomic E-state index is 0.000583. The first kappa shape index (κ1) is 38.4. The Labute approximate surface area is 264 Å². The lowest BCUT2D eigenvalue weighted by Gasteiger charge is -2.35. The van der Waals surface area contributed by atoms with Gasteiger partial charge in [-0.05, 0) is 70.6 Å². The van der Waals surface area contributed by atoms with Gasteiger partial charge in [-0.3, -0.25) is 4.79 Å². The highest BCUT2D eigenvalue weighted by Gasteiger charge is 2.43. The monoisotopic (exact) mass is 641 g/mol. The second-order valence-corrected chi connectivity index (χ2v) is 14.3. The largest absolute Gasteiger partial charge is 0.481 e. The van der Waals surface area contributed by atoms with Gasteiger partial charge in [0.1, 0.15) is 0 Å². The third-order valence-electron chi connectivity index (χ3n) is 8.13. The fourth-order valence-electron chi connectivity index (χ4n) is 5.70. The number of ether oxygens (including phenoxy) is 4. The van der Waals surface area contributed by atoms with Crippen molar-refractivity contribution in [2.45, 2.75) is 129 Å². The molecule has 252 valence electrons. The Balaban J connectivity index is 0.00000125. The summed E-state index contributed by atoms with van der Waals surface area (Å²) >= 11 is 0. The predicted molar refractivity (Wildman–Crippen MR) is 170 cm³/mol. The van der Waals surface area contributed by atoms with E-state index in [1.807, 2.05) is 13.0 Å². The van der Waals surface area contributed by atoms with Crippen LogP contribution < -0.4 is 5.14 Å². The maximum Gasteiger partial charge on any atom is 0.303 e. The van der Waals surface area contributed by atoms with Gasteiger partial charge < -0.3 is 29.2 Å². The van der Waals surface area contributed by atoms with Gasteiger partial charge in [0.15, 0.2) is 12.6 Å². The van der Waals surface area contributed by atoms with Gasteiger partial charge in [-0.1, -0.05) is 38.2 Å². The molecule has 0 bridgehead atoms. The first-order valence-electron chi connectivity index (χ1n) is 15.9. The Morgan fingerprint density at radius 3 is 2.32 bits per heavy atom. The number of carbonyl (C=O) groups is 1. The molecule has 0 spiro atoms. The molecule has 4 N–H and O–H groups in total. The van der Waals surface area contributed by atoms with Gasteiger partial charge >= 0.3 is 5.97 Å². The second-order valence-electron chi connectivity index (χ2n) is 12.7. The molecular weight excluding hydrogens is 586 g/mol. The Kier molecular flexibility index (Phi) is 17.2. The zero-order valence-electron chi connectivity index (χ0n) is 27.0. The fourth-order valence-corrected chi connectivity index (χ4v) is 5.70. The summed E-state index contributed by atoms with van der Waals surface area (Å²) in [6, 6.07) is 0. The lowest BCUT2D eigenvalue weighted by atomic mass is 9.81. The van der Waals surface area contributed by atoms with E-state index in [9.17, 15) is 18.3 Å². The number of hydrogen-bond acceptors (Lipinski definition) is 8. The van der Waals surface area contributed by atoms with Crippen LogP contribution in [0.15, 0.2) is 24.3 Å². The average molecular weight is 642 g/mol. The highest BCUT2D eigenvalue weighted by Crippen LogP contribution is 2.40. The number of nitrogens with two attached hydrogens (primary N) is 1. The smallest absolute Gasteiger partial charge is 0.303 e. The fraction of sp³-hybridized carbons (Fsp3) is 0.788. The zero-order valence-corrected chi connectivity index (χ0v) is 27.8. The molecule has 3 aliphatic rings. The minimum atomic E-state index is -3.17. The average Bonchev–Trinajstić information content (AvgIpc) is 3.24. The lowest BCUT2D eigenvalue weighted by molar-refractivity contribution is -0.197. The molecule has 0 radical (unpaired) electrons. The number of aliphatic carboxylic acids is 1. The van der Waals surface area contributed by atoms with Crippen molar-refractivity contribution in [3.8, 4) is 11.8 Å². The maximum atomic E-state index is 11.1. The molecule has 2 aliphatic heterocycles. The van der Waals surface area contributed by atoms with Crippen molar-refractivity contribution >= 4 is 16.0 Å². The van der Waals surface area contributed by atoms with Gasteiger partial charge in [0, 0.05) is 43.8 Å². The van der Waals surface area contributed by atoms with Crippen LogP contribution >= 0.6 is 0 Å². The Hall–Kier alpha value is -1.78. The van der Waals surface area contributed by atoms with E-state index in [1.54, 1.807) is 0 Å². The number of carboxylic acid groups (broad SMARTS) is 1. The third-order valence-corrected chi connectivity index (χ3v) is 8.13. The van der Waals surface area contributed by atoms with Gasteiger partial charge in [-0.15, -0.1) is 11.8 Å². The van der Waals surface area contributed by atoms with Crippen LogP contribution in [0, 0.1) is 29.1 Å². The number of carboxylic acids is 1. The Morgan fingerprint density at radius 2 is 1.75 bits per heavy atom. The summed E-state index contributed by atoms with van der Waals surface area (Å²) in [5.41, 5.74) is -0.222. The molecule has 0 aromatic rings. The number of aliphatic hydroxyl groups is 1. The number of allylic oxidation sites excluding steroid dienone is 2. The molecule has 1 aliphatic carbocycles. The topological polar surface area (TPSA) is 155 Å². The third kappa shape index (κ3) is 15.5. The highest BCUT2D eigenvalue weighted by molar-refractivity contribution is 7.88. The molecule has 7 atom stereocenters. The number of unbranched alkanes of at least 4 members (excludes halogenated alkanes) is 1. The van der Waals surface area contributed by atoms with Crippen LogP contribution in [0.4, 0.5) is 0 Å². The summed E-state index contributed by atoms with van der Waals surface area (Å²) < 4.78 is 43.6. The van der Waals surface area contributed by atoms with Crippen LogP contribution in [0.1, 0.15) is 97.8 Å². The predicted octanol–water partition coefficient (Wildman–Crippen LogP) is 4.91. The lowest BCUT2D eigenvalue weighted by Crippen LogP contribution is -2.36. The van der Waals surface area contributed by atoms with E-state index in [0.29, 0.717) is 32.3 Å². The van der Waals surface area contributed by atoms with E-state index in [0.717, 1.165) is 57.8 Å². The maximum absolute atomic E-state index is 11.1. The zero-order chi connectivity index (χ0) is 32.6. The molecule has 2 saturated heterocycles. The molecule has 1 saturated carbocycles. The Morgan fingerprint density at radius 1 is 1.11 bits per heavy atom. The van der Waals surface area contributed by atoms with Crippen molar-refractivity contribution in [3.05, 3.63) is 24.3 Å². The van der Waals surface area contributed by atoms with E-state index in [4.69, 9.17) is 24.1 Å². The van der Waals surface area contributed by atoms with Gasteiger partial charge in [0.05, 0.1) is 24.6 Å². The number of aliphatic hydroxyl groups excluding tert-OH is 1. The molecule has 2 heterocycles. The van der Waals surface area contributed by atoms with Crippen molar-refractivity contribution in [1.29, 1.82) is 0 Å². The van der Waals surface area contributed by atoms with Gasteiger partial charge in [-0.25, -0.2) is 13.6 Å². The summed E-state index contributed by atoms with van der Waals surface area (Å²) in [5, 5.41) is 24.3. The molecule has 0 amide bonds. The first-order valence-corrected chi connectivity index (χ1v) is 17.9. The molecule has 44 heavy (non-hydrogen) atoms. The summed E-state index contributed by atoms with van der Waals surface area (Å²) in [4.78, 5) is 10.8. The van der Waals surface area contributed by atoms with Crippen molar-refractivity contribution in [2.75, 3.05) is 19.5 Å². The number of primary sulfonamides is 1. The van der Waals surface area contributed by atoms with Gasteiger partial charge in [0.2, 0.25) is 10.0 Å². The van der Waals surface area contributed by atoms with Gasteiger partial charge in [0.25, 0.3) is 0 Å². The molecule has 0 aromatic heterocycles. The van der Waals surface area contributed by atoms with E-state index < -0.39 is 22.1 Å². The molecule has 0 aromatic carbocycles. The molecule has 2 unspecified atom stereocenters. The minimum Gasteiger partial charge on any atom is -0.481 e. The Bertz CT molecular complexity index is 1060. The van der Waals surface area contributed by atoms with E-state index in [-0.39, 0.29) is 48.5 Å². The summed E-state index contributed by atoms with van der Waals surface area (Å²) in [5.74, 6) is 5.48. The van der Waals surface area contributed by atoms with E-state index in [2.05, 4.69) is 49.1 Å². The van der Waals surface area contributed by atoms with Crippen LogP contribution in [0.2, 0.25) is 0 Å². The van der Waals surface area contributed by atoms with Crippen LogP contribution in [-0.2, 0) is 33.8 Å². The first-order chi connectivity index (χ1) is 20.8. The van der Waals surface area contributed by atoms with Crippen LogP contribution in [0.3, 0.4) is 0 Å². The number of sulfonamides is 1. The SMILES string of the molecule is CC#CCC(C)(C)[C@@H](/C=C/[C@@H]1[C@@H](C/C=C\CCCC(=O)O)[C@@H](O)C[C@H]1OC1CCCCO1)OC1CCCCO1.CS(N)(=O)=O. The highest BCUT2D eigenvalue weighted by atomic mass is 32.2. The normalized spacial score (nSPS) is 28.7. The molecular formula is C33H55NO9S. The van der Waals surface area contributed by atoms with Crippen molar-refractivity contribution in [1.82, 2.24) is 0 Å². The molecule has 10 nitrogen and oxygen atoms in total.